The lowest BCUT2D eigenvalue weighted by Gasteiger charge is -2.36. The van der Waals surface area contributed by atoms with Crippen molar-refractivity contribution in [2.24, 2.45) is 0 Å². The van der Waals surface area contributed by atoms with Crippen molar-refractivity contribution in [2.45, 2.75) is 32.5 Å². The summed E-state index contributed by atoms with van der Waals surface area (Å²) >= 11 is 6.96. The molecule has 0 unspecified atom stereocenters. The zero-order valence-corrected chi connectivity index (χ0v) is 17.8. The molecular formula is C19H20N6O2S2. The molecule has 150 valence electrons. The Kier molecular flexibility index (Phi) is 3.77. The first kappa shape index (κ1) is 17.7. The third-order valence-corrected chi connectivity index (χ3v) is 7.09. The Labute approximate surface area is 175 Å². The molecule has 0 atom stereocenters. The van der Waals surface area contributed by atoms with E-state index in [1.807, 2.05) is 4.40 Å². The molecule has 1 saturated heterocycles. The van der Waals surface area contributed by atoms with Crippen LogP contribution >= 0.6 is 23.6 Å². The molecule has 4 aromatic rings. The van der Waals surface area contributed by atoms with Gasteiger partial charge in [-0.25, -0.2) is 9.97 Å². The average molecular weight is 429 g/mol. The Morgan fingerprint density at radius 3 is 2.90 bits per heavy atom. The Morgan fingerprint density at radius 2 is 2.07 bits per heavy atom. The highest BCUT2D eigenvalue weighted by atomic mass is 32.1. The van der Waals surface area contributed by atoms with E-state index in [2.05, 4.69) is 28.9 Å². The second-order valence-electron chi connectivity index (χ2n) is 8.14. The van der Waals surface area contributed by atoms with Crippen LogP contribution < -0.4 is 4.90 Å². The number of rotatable bonds is 1. The predicted octanol–water partition coefficient (Wildman–Crippen LogP) is 3.24. The largest absolute Gasteiger partial charge is 0.378 e. The number of pyridine rings is 1. The Balaban J connectivity index is 1.70. The summed E-state index contributed by atoms with van der Waals surface area (Å²) in [5.41, 5.74) is 4.00. The van der Waals surface area contributed by atoms with Gasteiger partial charge in [-0.3, -0.25) is 9.50 Å². The van der Waals surface area contributed by atoms with Crippen molar-refractivity contribution in [3.05, 3.63) is 22.2 Å². The highest BCUT2D eigenvalue weighted by molar-refractivity contribution is 7.71. The molecule has 0 radical (unpaired) electrons. The van der Waals surface area contributed by atoms with E-state index in [0.29, 0.717) is 11.4 Å². The summed E-state index contributed by atoms with van der Waals surface area (Å²) < 4.78 is 15.1. The van der Waals surface area contributed by atoms with Gasteiger partial charge in [-0.05, 0) is 31.6 Å². The van der Waals surface area contributed by atoms with Crippen LogP contribution in [0.15, 0.2) is 6.33 Å². The van der Waals surface area contributed by atoms with E-state index < -0.39 is 0 Å². The topological polar surface area (TPSA) is 80.6 Å². The van der Waals surface area contributed by atoms with E-state index >= 15 is 0 Å². The summed E-state index contributed by atoms with van der Waals surface area (Å²) in [6.07, 6.45) is 2.58. The standard InChI is InChI=1S/C19H20N6O2S2/c1-19(2)7-10-11(8-27-19)15(24-3-5-26-6-4-24)21-17-12(10)13-14(29-17)16-22-23-18(28)25(16)9-20-13/h9H,3-8H2,1-2H3,(H,23,28). The first-order valence-corrected chi connectivity index (χ1v) is 10.9. The van der Waals surface area contributed by atoms with E-state index in [1.165, 1.54) is 11.1 Å². The molecule has 29 heavy (non-hydrogen) atoms. The number of nitrogens with zero attached hydrogens (tertiary/aromatic N) is 5. The maximum Gasteiger partial charge on any atom is 0.200 e. The van der Waals surface area contributed by atoms with Crippen molar-refractivity contribution in [3.8, 4) is 0 Å². The van der Waals surface area contributed by atoms with Crippen LogP contribution in [0.2, 0.25) is 0 Å². The van der Waals surface area contributed by atoms with Crippen LogP contribution in [-0.2, 0) is 22.5 Å². The van der Waals surface area contributed by atoms with E-state index in [0.717, 1.165) is 64.6 Å². The number of H-pyrrole nitrogens is 1. The van der Waals surface area contributed by atoms with Crippen molar-refractivity contribution in [1.82, 2.24) is 24.6 Å². The number of ether oxygens (including phenoxy) is 2. The third-order valence-electron chi connectivity index (χ3n) is 5.74. The van der Waals surface area contributed by atoms with Crippen molar-refractivity contribution >= 4 is 55.5 Å². The minimum absolute atomic E-state index is 0.225. The van der Waals surface area contributed by atoms with Gasteiger partial charge in [0, 0.05) is 30.5 Å². The van der Waals surface area contributed by atoms with Crippen LogP contribution in [0, 0.1) is 4.77 Å². The van der Waals surface area contributed by atoms with Gasteiger partial charge in [0.1, 0.15) is 21.7 Å². The van der Waals surface area contributed by atoms with E-state index in [4.69, 9.17) is 31.7 Å². The van der Waals surface area contributed by atoms with Crippen molar-refractivity contribution < 1.29 is 9.47 Å². The van der Waals surface area contributed by atoms with Crippen LogP contribution in [0.5, 0.6) is 0 Å². The van der Waals surface area contributed by atoms with Gasteiger partial charge in [0.05, 0.1) is 30.9 Å². The van der Waals surface area contributed by atoms with Crippen LogP contribution in [-0.4, -0.2) is 56.5 Å². The first-order chi connectivity index (χ1) is 14.0. The number of morpholine rings is 1. The number of aromatic amines is 1. The van der Waals surface area contributed by atoms with Crippen LogP contribution in [0.25, 0.3) is 26.1 Å². The minimum Gasteiger partial charge on any atom is -0.378 e. The summed E-state index contributed by atoms with van der Waals surface area (Å²) in [6.45, 7) is 7.98. The second kappa shape index (κ2) is 6.18. The quantitative estimate of drug-likeness (QED) is 0.466. The summed E-state index contributed by atoms with van der Waals surface area (Å²) in [5.74, 6) is 1.02. The molecule has 2 aliphatic rings. The molecule has 10 heteroatoms. The molecule has 8 nitrogen and oxygen atoms in total. The molecule has 0 aromatic carbocycles. The molecule has 6 heterocycles. The summed E-state index contributed by atoms with van der Waals surface area (Å²) in [7, 11) is 0. The Bertz CT molecular complexity index is 1330. The van der Waals surface area contributed by atoms with Crippen LogP contribution in [0.4, 0.5) is 5.82 Å². The number of aromatic nitrogens is 5. The maximum absolute atomic E-state index is 6.18. The summed E-state index contributed by atoms with van der Waals surface area (Å²) in [5, 5.41) is 8.43. The molecule has 0 bridgehead atoms. The number of hydrogen-bond acceptors (Lipinski definition) is 8. The first-order valence-electron chi connectivity index (χ1n) is 9.68. The van der Waals surface area contributed by atoms with Crippen molar-refractivity contribution in [3.63, 3.8) is 0 Å². The van der Waals surface area contributed by atoms with Crippen LogP contribution in [0.1, 0.15) is 25.0 Å². The zero-order valence-electron chi connectivity index (χ0n) is 16.2. The lowest BCUT2D eigenvalue weighted by molar-refractivity contribution is -0.0396. The Morgan fingerprint density at radius 1 is 1.24 bits per heavy atom. The zero-order chi connectivity index (χ0) is 19.8. The molecule has 0 saturated carbocycles. The Hall–Kier alpha value is -2.14. The number of thiophene rings is 1. The van der Waals surface area contributed by atoms with Gasteiger partial charge in [-0.2, -0.15) is 5.10 Å². The normalized spacial score (nSPS) is 19.3. The second-order valence-corrected chi connectivity index (χ2v) is 9.53. The van der Waals surface area contributed by atoms with Gasteiger partial charge in [0.2, 0.25) is 4.77 Å². The van der Waals surface area contributed by atoms with Gasteiger partial charge in [-0.1, -0.05) is 0 Å². The van der Waals surface area contributed by atoms with Gasteiger partial charge in [0.25, 0.3) is 0 Å². The predicted molar refractivity (Wildman–Crippen MR) is 114 cm³/mol. The van der Waals surface area contributed by atoms with E-state index in [9.17, 15) is 0 Å². The molecular weight excluding hydrogens is 408 g/mol. The number of anilines is 1. The van der Waals surface area contributed by atoms with Gasteiger partial charge in [0.15, 0.2) is 5.65 Å². The molecule has 4 aromatic heterocycles. The molecule has 1 N–H and O–H groups in total. The van der Waals surface area contributed by atoms with Gasteiger partial charge >= 0.3 is 0 Å². The lowest BCUT2D eigenvalue weighted by atomic mass is 9.90. The van der Waals surface area contributed by atoms with Gasteiger partial charge in [-0.15, -0.1) is 11.3 Å². The minimum atomic E-state index is -0.225. The molecule has 0 spiro atoms. The fraction of sp³-hybridized carbons (Fsp3) is 0.474. The molecule has 2 aliphatic heterocycles. The van der Waals surface area contributed by atoms with Crippen LogP contribution in [0.3, 0.4) is 0 Å². The lowest BCUT2D eigenvalue weighted by Crippen LogP contribution is -2.39. The molecule has 0 aliphatic carbocycles. The van der Waals surface area contributed by atoms with E-state index in [-0.39, 0.29) is 5.60 Å². The molecule has 6 rings (SSSR count). The summed E-state index contributed by atoms with van der Waals surface area (Å²) in [4.78, 5) is 13.2. The maximum atomic E-state index is 6.18. The highest BCUT2D eigenvalue weighted by Crippen LogP contribution is 2.43. The monoisotopic (exact) mass is 428 g/mol. The van der Waals surface area contributed by atoms with Crippen molar-refractivity contribution in [2.75, 3.05) is 31.2 Å². The van der Waals surface area contributed by atoms with Crippen molar-refractivity contribution in [1.29, 1.82) is 0 Å². The number of nitrogens with one attached hydrogen (secondary N) is 1. The van der Waals surface area contributed by atoms with E-state index in [1.54, 1.807) is 17.7 Å². The molecule has 0 amide bonds. The smallest absolute Gasteiger partial charge is 0.200 e. The third kappa shape index (κ3) is 2.63. The fourth-order valence-electron chi connectivity index (χ4n) is 4.30. The highest BCUT2D eigenvalue weighted by Gasteiger charge is 2.33. The number of fused-ring (bicyclic) bond motifs is 7. The SMILES string of the molecule is CC1(C)Cc2c(c(N3CCOCC3)nc3sc4c(ncn5c(=S)[nH]nc45)c23)CO1. The number of hydrogen-bond donors (Lipinski definition) is 1. The molecule has 1 fully saturated rings. The fourth-order valence-corrected chi connectivity index (χ4v) is 5.61. The van der Waals surface area contributed by atoms with Gasteiger partial charge < -0.3 is 14.4 Å². The summed E-state index contributed by atoms with van der Waals surface area (Å²) in [6, 6.07) is 0. The average Bonchev–Trinajstić information content (AvgIpc) is 3.28.